The number of hydrogen-bond acceptors (Lipinski definition) is 3. The Hall–Kier alpha value is -3.02. The lowest BCUT2D eigenvalue weighted by atomic mass is 10.0. The maximum Gasteiger partial charge on any atom is 0.326 e. The molecule has 3 N–H and O–H groups in total. The van der Waals surface area contributed by atoms with E-state index < -0.39 is 17.9 Å². The summed E-state index contributed by atoms with van der Waals surface area (Å²) in [6, 6.07) is 8.14. The Balaban J connectivity index is 1.81. The molecule has 0 saturated heterocycles. The molecule has 23 heavy (non-hydrogen) atoms. The highest BCUT2D eigenvalue weighted by Gasteiger charge is 2.23. The molecule has 118 valence electrons. The van der Waals surface area contributed by atoms with Crippen LogP contribution in [0.15, 0.2) is 47.2 Å². The number of fused-ring (bicyclic) bond motifs is 1. The Kier molecular flexibility index (Phi) is 3.89. The van der Waals surface area contributed by atoms with Crippen molar-refractivity contribution in [3.05, 3.63) is 59.7 Å². The summed E-state index contributed by atoms with van der Waals surface area (Å²) in [7, 11) is 0. The van der Waals surface area contributed by atoms with Crippen LogP contribution in [0.4, 0.5) is 0 Å². The quantitative estimate of drug-likeness (QED) is 0.674. The monoisotopic (exact) mass is 312 g/mol. The first-order chi connectivity index (χ1) is 11.1. The molecule has 3 rings (SSSR count). The zero-order valence-electron chi connectivity index (χ0n) is 12.5. The fourth-order valence-electron chi connectivity index (χ4n) is 2.58. The summed E-state index contributed by atoms with van der Waals surface area (Å²) in [4.78, 5) is 26.8. The van der Waals surface area contributed by atoms with Gasteiger partial charge in [0.05, 0.1) is 11.8 Å². The molecule has 0 aliphatic rings. The largest absolute Gasteiger partial charge is 0.480 e. The van der Waals surface area contributed by atoms with E-state index in [1.807, 2.05) is 24.3 Å². The van der Waals surface area contributed by atoms with Crippen molar-refractivity contribution in [2.24, 2.45) is 0 Å². The van der Waals surface area contributed by atoms with Gasteiger partial charge < -0.3 is 19.8 Å². The van der Waals surface area contributed by atoms with E-state index in [2.05, 4.69) is 10.3 Å². The molecule has 0 fully saturated rings. The molecule has 1 amide bonds. The number of aliphatic carboxylic acids is 1. The van der Waals surface area contributed by atoms with Crippen molar-refractivity contribution in [3.63, 3.8) is 0 Å². The summed E-state index contributed by atoms with van der Waals surface area (Å²) in [6.45, 7) is 1.66. The molecule has 6 nitrogen and oxygen atoms in total. The maximum absolute atomic E-state index is 12.2. The molecule has 2 aromatic heterocycles. The van der Waals surface area contributed by atoms with Crippen molar-refractivity contribution < 1.29 is 19.1 Å². The van der Waals surface area contributed by atoms with Crippen LogP contribution >= 0.6 is 0 Å². The lowest BCUT2D eigenvalue weighted by molar-refractivity contribution is -0.139. The van der Waals surface area contributed by atoms with Gasteiger partial charge in [0.25, 0.3) is 5.91 Å². The number of aromatic nitrogens is 1. The van der Waals surface area contributed by atoms with E-state index in [4.69, 9.17) is 4.42 Å². The van der Waals surface area contributed by atoms with Gasteiger partial charge in [-0.05, 0) is 24.6 Å². The predicted molar refractivity (Wildman–Crippen MR) is 84.3 cm³/mol. The Morgan fingerprint density at radius 1 is 1.30 bits per heavy atom. The van der Waals surface area contributed by atoms with Crippen molar-refractivity contribution in [1.82, 2.24) is 10.3 Å². The number of rotatable bonds is 5. The Morgan fingerprint density at radius 3 is 2.78 bits per heavy atom. The zero-order chi connectivity index (χ0) is 16.4. The number of furan rings is 1. The number of nitrogens with one attached hydrogen (secondary N) is 2. The average Bonchev–Trinajstić information content (AvgIpc) is 3.13. The molecule has 0 aliphatic heterocycles. The number of hydrogen-bond donors (Lipinski definition) is 3. The summed E-state index contributed by atoms with van der Waals surface area (Å²) < 4.78 is 5.08. The first-order valence-corrected chi connectivity index (χ1v) is 7.19. The third-order valence-electron chi connectivity index (χ3n) is 3.81. The summed E-state index contributed by atoms with van der Waals surface area (Å²) >= 11 is 0. The van der Waals surface area contributed by atoms with Crippen LogP contribution in [0.3, 0.4) is 0 Å². The molecular weight excluding hydrogens is 296 g/mol. The number of para-hydroxylation sites is 1. The lowest BCUT2D eigenvalue weighted by Gasteiger charge is -2.14. The van der Waals surface area contributed by atoms with Gasteiger partial charge in [-0.3, -0.25) is 4.79 Å². The van der Waals surface area contributed by atoms with Crippen LogP contribution in [-0.2, 0) is 11.2 Å². The number of carboxylic acid groups (broad SMARTS) is 1. The summed E-state index contributed by atoms with van der Waals surface area (Å²) in [5, 5.41) is 12.9. The van der Waals surface area contributed by atoms with Crippen molar-refractivity contribution >= 4 is 22.8 Å². The summed E-state index contributed by atoms with van der Waals surface area (Å²) in [6.07, 6.45) is 3.37. The fourth-order valence-corrected chi connectivity index (χ4v) is 2.58. The minimum Gasteiger partial charge on any atom is -0.480 e. The fraction of sp³-hybridized carbons (Fsp3) is 0.176. The number of H-pyrrole nitrogens is 1. The molecule has 0 radical (unpaired) electrons. The molecule has 0 saturated carbocycles. The Bertz CT molecular complexity index is 862. The molecule has 0 bridgehead atoms. The number of carbonyl (C=O) groups is 2. The molecule has 1 aromatic carbocycles. The van der Waals surface area contributed by atoms with E-state index >= 15 is 0 Å². The second kappa shape index (κ2) is 6.00. The molecular formula is C17H16N2O4. The topological polar surface area (TPSA) is 95.3 Å². The highest BCUT2D eigenvalue weighted by atomic mass is 16.4. The maximum atomic E-state index is 12.2. The SMILES string of the molecule is Cc1occc1C(=O)NC(Cc1c[nH]c2ccccc12)C(=O)O. The first kappa shape index (κ1) is 14.9. The predicted octanol–water partition coefficient (Wildman–Crippen LogP) is 2.50. The Morgan fingerprint density at radius 2 is 2.09 bits per heavy atom. The van der Waals surface area contributed by atoms with E-state index in [1.165, 1.54) is 12.3 Å². The van der Waals surface area contributed by atoms with Crippen molar-refractivity contribution in [2.45, 2.75) is 19.4 Å². The standard InChI is InChI=1S/C17H16N2O4/c1-10-12(6-7-23-10)16(20)19-15(17(21)22)8-11-9-18-14-5-3-2-4-13(11)14/h2-7,9,15,18H,8H2,1H3,(H,19,20)(H,21,22). The van der Waals surface area contributed by atoms with Gasteiger partial charge in [0.15, 0.2) is 0 Å². The van der Waals surface area contributed by atoms with Crippen molar-refractivity contribution in [1.29, 1.82) is 0 Å². The van der Waals surface area contributed by atoms with E-state index in [0.717, 1.165) is 16.5 Å². The van der Waals surface area contributed by atoms with Crippen LogP contribution in [0, 0.1) is 6.92 Å². The number of carboxylic acids is 1. The number of carbonyl (C=O) groups excluding carboxylic acids is 1. The Labute approximate surface area is 132 Å². The third kappa shape index (κ3) is 2.96. The normalized spacial score (nSPS) is 12.2. The highest BCUT2D eigenvalue weighted by molar-refractivity contribution is 5.97. The number of benzene rings is 1. The van der Waals surface area contributed by atoms with Crippen molar-refractivity contribution in [3.8, 4) is 0 Å². The van der Waals surface area contributed by atoms with Crippen LogP contribution in [0.5, 0.6) is 0 Å². The molecule has 1 unspecified atom stereocenters. The van der Waals surface area contributed by atoms with E-state index in [1.54, 1.807) is 13.1 Å². The smallest absolute Gasteiger partial charge is 0.326 e. The van der Waals surface area contributed by atoms with Crippen molar-refractivity contribution in [2.75, 3.05) is 0 Å². The van der Waals surface area contributed by atoms with Gasteiger partial charge in [-0.25, -0.2) is 4.79 Å². The van der Waals surface area contributed by atoms with Gasteiger partial charge in [0.2, 0.25) is 0 Å². The molecule has 0 aliphatic carbocycles. The third-order valence-corrected chi connectivity index (χ3v) is 3.81. The molecule has 1 atom stereocenters. The van der Waals surface area contributed by atoms with Crippen LogP contribution in [-0.4, -0.2) is 28.0 Å². The first-order valence-electron chi connectivity index (χ1n) is 7.19. The van der Waals surface area contributed by atoms with Gasteiger partial charge >= 0.3 is 5.97 Å². The molecule has 6 heteroatoms. The number of aromatic amines is 1. The molecule has 3 aromatic rings. The van der Waals surface area contributed by atoms with Crippen LogP contribution in [0.2, 0.25) is 0 Å². The average molecular weight is 312 g/mol. The molecule has 0 spiro atoms. The minimum atomic E-state index is -1.08. The second-order valence-corrected chi connectivity index (χ2v) is 5.32. The van der Waals surface area contributed by atoms with Gasteiger partial charge in [-0.15, -0.1) is 0 Å². The van der Waals surface area contributed by atoms with Gasteiger partial charge in [0, 0.05) is 23.5 Å². The molecule has 2 heterocycles. The summed E-state index contributed by atoms with van der Waals surface area (Å²) in [5.74, 6) is -1.08. The number of aryl methyl sites for hydroxylation is 1. The van der Waals surface area contributed by atoms with Crippen LogP contribution < -0.4 is 5.32 Å². The minimum absolute atomic E-state index is 0.196. The zero-order valence-corrected chi connectivity index (χ0v) is 12.5. The van der Waals surface area contributed by atoms with E-state index in [-0.39, 0.29) is 6.42 Å². The summed E-state index contributed by atoms with van der Waals surface area (Å²) in [5.41, 5.74) is 2.12. The van der Waals surface area contributed by atoms with Crippen LogP contribution in [0.25, 0.3) is 10.9 Å². The van der Waals surface area contributed by atoms with E-state index in [9.17, 15) is 14.7 Å². The van der Waals surface area contributed by atoms with Gasteiger partial charge in [-0.2, -0.15) is 0 Å². The lowest BCUT2D eigenvalue weighted by Crippen LogP contribution is -2.42. The van der Waals surface area contributed by atoms with Gasteiger partial charge in [0.1, 0.15) is 11.8 Å². The van der Waals surface area contributed by atoms with Gasteiger partial charge in [-0.1, -0.05) is 18.2 Å². The number of amides is 1. The highest BCUT2D eigenvalue weighted by Crippen LogP contribution is 2.19. The second-order valence-electron chi connectivity index (χ2n) is 5.32. The van der Waals surface area contributed by atoms with E-state index in [0.29, 0.717) is 11.3 Å². The van der Waals surface area contributed by atoms with Crippen LogP contribution in [0.1, 0.15) is 21.7 Å².